The van der Waals surface area contributed by atoms with E-state index < -0.39 is 5.60 Å². The van der Waals surface area contributed by atoms with Crippen molar-refractivity contribution in [2.45, 2.75) is 59.5 Å². The summed E-state index contributed by atoms with van der Waals surface area (Å²) in [5.74, 6) is -0.641. The first-order valence-electron chi connectivity index (χ1n) is 17.2. The number of rotatable bonds is 13. The quantitative estimate of drug-likeness (QED) is 0.0809. The number of ether oxygens (including phenoxy) is 2. The molecule has 4 rings (SSSR count). The molecule has 0 aliphatic rings. The number of benzene rings is 4. The molecule has 0 aromatic heterocycles. The summed E-state index contributed by atoms with van der Waals surface area (Å²) in [5.41, 5.74) is 8.20. The SMILES string of the molecule is CCC(CCC(C)C(=O)OC(C)(C)C)C(=O)Oc1ccc(C(=C(c2ccc(N(C)C)cc2)c2ccc(N(C)C)cc2)c2ccccc2)cc1. The second-order valence-corrected chi connectivity index (χ2v) is 14.1. The summed E-state index contributed by atoms with van der Waals surface area (Å²) in [6.45, 7) is 9.41. The zero-order chi connectivity index (χ0) is 35.7. The molecule has 258 valence electrons. The Kier molecular flexibility index (Phi) is 12.5. The van der Waals surface area contributed by atoms with E-state index in [9.17, 15) is 9.59 Å². The van der Waals surface area contributed by atoms with Crippen molar-refractivity contribution >= 4 is 34.5 Å². The van der Waals surface area contributed by atoms with Gasteiger partial charge in [-0.1, -0.05) is 80.6 Å². The van der Waals surface area contributed by atoms with Crippen LogP contribution in [0.4, 0.5) is 11.4 Å². The Morgan fingerprint density at radius 2 is 1.04 bits per heavy atom. The Balaban J connectivity index is 1.68. The third-order valence-corrected chi connectivity index (χ3v) is 8.60. The summed E-state index contributed by atoms with van der Waals surface area (Å²) in [6, 6.07) is 35.5. The Labute approximate surface area is 293 Å². The monoisotopic (exact) mass is 660 g/mol. The van der Waals surface area contributed by atoms with Crippen LogP contribution in [0.2, 0.25) is 0 Å². The van der Waals surface area contributed by atoms with Gasteiger partial charge in [-0.05, 0) is 110 Å². The molecule has 0 saturated heterocycles. The van der Waals surface area contributed by atoms with Gasteiger partial charge in [0.05, 0.1) is 11.8 Å². The first kappa shape index (κ1) is 37.0. The van der Waals surface area contributed by atoms with Gasteiger partial charge in [-0.15, -0.1) is 0 Å². The lowest BCUT2D eigenvalue weighted by Crippen LogP contribution is -2.28. The van der Waals surface area contributed by atoms with Gasteiger partial charge in [0.1, 0.15) is 11.4 Å². The average Bonchev–Trinajstić information content (AvgIpc) is 3.07. The predicted octanol–water partition coefficient (Wildman–Crippen LogP) is 9.52. The molecule has 0 aliphatic heterocycles. The number of anilines is 2. The van der Waals surface area contributed by atoms with Gasteiger partial charge in [-0.2, -0.15) is 0 Å². The molecule has 0 bridgehead atoms. The Hall–Kier alpha value is -4.84. The number of hydrogen-bond acceptors (Lipinski definition) is 6. The van der Waals surface area contributed by atoms with Crippen LogP contribution in [0.25, 0.3) is 11.1 Å². The molecule has 2 atom stereocenters. The molecule has 49 heavy (non-hydrogen) atoms. The summed E-state index contributed by atoms with van der Waals surface area (Å²) in [6.07, 6.45) is 1.74. The van der Waals surface area contributed by atoms with Crippen LogP contribution in [-0.4, -0.2) is 45.7 Å². The first-order valence-corrected chi connectivity index (χ1v) is 17.2. The number of esters is 2. The van der Waals surface area contributed by atoms with Crippen molar-refractivity contribution in [1.82, 2.24) is 0 Å². The van der Waals surface area contributed by atoms with Crippen LogP contribution in [0, 0.1) is 11.8 Å². The van der Waals surface area contributed by atoms with E-state index >= 15 is 0 Å². The lowest BCUT2D eigenvalue weighted by Gasteiger charge is -2.23. The minimum absolute atomic E-state index is 0.241. The summed E-state index contributed by atoms with van der Waals surface area (Å²) in [5, 5.41) is 0. The fraction of sp³-hybridized carbons (Fsp3) is 0.349. The molecule has 6 heteroatoms. The highest BCUT2D eigenvalue weighted by Gasteiger charge is 2.25. The van der Waals surface area contributed by atoms with Crippen molar-refractivity contribution in [1.29, 1.82) is 0 Å². The summed E-state index contributed by atoms with van der Waals surface area (Å²) >= 11 is 0. The molecule has 0 heterocycles. The van der Waals surface area contributed by atoms with Crippen molar-refractivity contribution in [3.05, 3.63) is 125 Å². The third kappa shape index (κ3) is 10.1. The highest BCUT2D eigenvalue weighted by molar-refractivity contribution is 6.04. The maximum absolute atomic E-state index is 13.3. The number of nitrogens with zero attached hydrogens (tertiary/aromatic N) is 2. The first-order chi connectivity index (χ1) is 23.3. The molecule has 4 aromatic carbocycles. The summed E-state index contributed by atoms with van der Waals surface area (Å²) in [7, 11) is 8.18. The minimum Gasteiger partial charge on any atom is -0.460 e. The average molecular weight is 661 g/mol. The maximum atomic E-state index is 13.3. The van der Waals surface area contributed by atoms with E-state index in [1.807, 2.05) is 93.1 Å². The minimum atomic E-state index is -0.537. The van der Waals surface area contributed by atoms with Crippen LogP contribution in [0.3, 0.4) is 0 Å². The second kappa shape index (κ2) is 16.5. The van der Waals surface area contributed by atoms with E-state index in [0.29, 0.717) is 25.0 Å². The highest BCUT2D eigenvalue weighted by atomic mass is 16.6. The van der Waals surface area contributed by atoms with Crippen LogP contribution in [0.1, 0.15) is 76.1 Å². The van der Waals surface area contributed by atoms with Crippen LogP contribution < -0.4 is 14.5 Å². The van der Waals surface area contributed by atoms with Gasteiger partial charge >= 0.3 is 11.9 Å². The fourth-order valence-corrected chi connectivity index (χ4v) is 5.72. The van der Waals surface area contributed by atoms with Crippen LogP contribution in [0.5, 0.6) is 5.75 Å². The zero-order valence-corrected chi connectivity index (χ0v) is 30.6. The van der Waals surface area contributed by atoms with E-state index in [1.165, 1.54) is 0 Å². The lowest BCUT2D eigenvalue weighted by atomic mass is 9.85. The maximum Gasteiger partial charge on any atom is 0.314 e. The van der Waals surface area contributed by atoms with Gasteiger partial charge in [0.15, 0.2) is 0 Å². The Morgan fingerprint density at radius 3 is 1.45 bits per heavy atom. The zero-order valence-electron chi connectivity index (χ0n) is 30.6. The van der Waals surface area contributed by atoms with Gasteiger partial charge in [0.25, 0.3) is 0 Å². The number of hydrogen-bond donors (Lipinski definition) is 0. The predicted molar refractivity (Wildman–Crippen MR) is 203 cm³/mol. The van der Waals surface area contributed by atoms with Crippen molar-refractivity contribution in [2.24, 2.45) is 11.8 Å². The Bertz CT molecular complexity index is 1650. The molecular weight excluding hydrogens is 608 g/mol. The molecule has 6 nitrogen and oxygen atoms in total. The number of carbonyl (C=O) groups is 2. The standard InChI is InChI=1S/C43H52N2O4/c1-10-31(17-16-30(2)41(46)49-43(3,4)5)42(47)48-38-28-22-35(23-29-38)39(32-14-12-11-13-15-32)40(33-18-24-36(25-19-33)44(6)7)34-20-26-37(27-21-34)45(8)9/h11-15,18-31H,10,16-17H2,1-9H3. The smallest absolute Gasteiger partial charge is 0.314 e. The largest absolute Gasteiger partial charge is 0.460 e. The molecule has 4 aromatic rings. The molecule has 0 saturated carbocycles. The van der Waals surface area contributed by atoms with Crippen LogP contribution >= 0.6 is 0 Å². The van der Waals surface area contributed by atoms with E-state index in [0.717, 1.165) is 44.8 Å². The topological polar surface area (TPSA) is 59.1 Å². The summed E-state index contributed by atoms with van der Waals surface area (Å²) < 4.78 is 11.4. The van der Waals surface area contributed by atoms with Crippen LogP contribution in [0.15, 0.2) is 103 Å². The molecule has 0 spiro atoms. The normalized spacial score (nSPS) is 12.4. The third-order valence-electron chi connectivity index (χ3n) is 8.60. The molecule has 2 unspecified atom stereocenters. The molecular formula is C43H52N2O4. The van der Waals surface area contributed by atoms with E-state index in [2.05, 4.69) is 82.6 Å². The van der Waals surface area contributed by atoms with E-state index in [-0.39, 0.29) is 23.8 Å². The lowest BCUT2D eigenvalue weighted by molar-refractivity contribution is -0.160. The number of carbonyl (C=O) groups excluding carboxylic acids is 2. The fourth-order valence-electron chi connectivity index (χ4n) is 5.72. The molecule has 0 radical (unpaired) electrons. The second-order valence-electron chi connectivity index (χ2n) is 14.1. The van der Waals surface area contributed by atoms with Gasteiger partial charge in [-0.3, -0.25) is 9.59 Å². The van der Waals surface area contributed by atoms with Crippen molar-refractivity contribution < 1.29 is 19.1 Å². The summed E-state index contributed by atoms with van der Waals surface area (Å²) in [4.78, 5) is 29.9. The van der Waals surface area contributed by atoms with Gasteiger partial charge in [0.2, 0.25) is 0 Å². The van der Waals surface area contributed by atoms with E-state index in [1.54, 1.807) is 0 Å². The van der Waals surface area contributed by atoms with Crippen molar-refractivity contribution in [3.8, 4) is 5.75 Å². The highest BCUT2D eigenvalue weighted by Crippen LogP contribution is 2.38. The molecule has 0 aliphatic carbocycles. The molecule has 0 fully saturated rings. The van der Waals surface area contributed by atoms with Crippen LogP contribution in [-0.2, 0) is 14.3 Å². The van der Waals surface area contributed by atoms with E-state index in [4.69, 9.17) is 9.47 Å². The van der Waals surface area contributed by atoms with Gasteiger partial charge in [-0.25, -0.2) is 0 Å². The van der Waals surface area contributed by atoms with Gasteiger partial charge in [0, 0.05) is 39.6 Å². The Morgan fingerprint density at radius 1 is 0.612 bits per heavy atom. The molecule has 0 N–H and O–H groups in total. The van der Waals surface area contributed by atoms with Gasteiger partial charge < -0.3 is 19.3 Å². The van der Waals surface area contributed by atoms with Crippen molar-refractivity contribution in [3.63, 3.8) is 0 Å². The van der Waals surface area contributed by atoms with Crippen molar-refractivity contribution in [2.75, 3.05) is 38.0 Å². The molecule has 0 amide bonds.